The van der Waals surface area contributed by atoms with E-state index in [-0.39, 0.29) is 7.69 Å². The highest BCUT2D eigenvalue weighted by Gasteiger charge is 2.28. The summed E-state index contributed by atoms with van der Waals surface area (Å²) >= 11 is 1.63. The highest BCUT2D eigenvalue weighted by atomic mass is 32.2. The molecule has 6 nitrogen and oxygen atoms in total. The van der Waals surface area contributed by atoms with Crippen LogP contribution >= 0.6 is 22.7 Å². The number of carbonyl (C=O) groups is 1. The number of aliphatic hydroxyl groups is 2. The summed E-state index contributed by atoms with van der Waals surface area (Å²) in [5, 5.41) is 17.6. The van der Waals surface area contributed by atoms with E-state index in [0.29, 0.717) is 0 Å². The average Bonchev–Trinajstić information content (AvgIpc) is 2.03. The molecule has 0 saturated carbocycles. The van der Waals surface area contributed by atoms with Gasteiger partial charge in [0.2, 0.25) is 0 Å². The third kappa shape index (κ3) is 4.22. The Morgan fingerprint density at radius 1 is 1.16 bits per heavy atom. The molecule has 0 aliphatic carbocycles. The quantitative estimate of drug-likeness (QED) is 0.767. The number of sulfone groups is 1. The van der Waals surface area contributed by atoms with E-state index in [0.717, 1.165) is 28.9 Å². The standard InChI is InChI=1S/C10H14O6S3/c1-10(2,3)16-7(13)5(19(4,14)15)8-17-9(18-8)6(11)12/h11-12H,1-4H3. The monoisotopic (exact) mass is 326 g/mol. The lowest BCUT2D eigenvalue weighted by Crippen LogP contribution is -2.30. The number of hydrogen-bond acceptors (Lipinski definition) is 8. The fourth-order valence-corrected chi connectivity index (χ4v) is 4.51. The van der Waals surface area contributed by atoms with Crippen LogP contribution in [0.5, 0.6) is 0 Å². The molecule has 0 unspecified atom stereocenters. The molecule has 108 valence electrons. The first-order valence-corrected chi connectivity index (χ1v) is 8.60. The molecule has 1 aromatic rings. The molecule has 0 amide bonds. The van der Waals surface area contributed by atoms with Crippen LogP contribution in [0.2, 0.25) is 0 Å². The van der Waals surface area contributed by atoms with E-state index in [2.05, 4.69) is 0 Å². The molecule has 1 heterocycles. The zero-order valence-corrected chi connectivity index (χ0v) is 13.2. The highest BCUT2D eigenvalue weighted by molar-refractivity contribution is 8.01. The maximum atomic E-state index is 11.9. The lowest BCUT2D eigenvalue weighted by molar-refractivity contribution is -0.146. The maximum Gasteiger partial charge on any atom is 0.352 e. The normalized spacial score (nSPS) is 12.2. The number of carbonyl (C=O) groups excluding carboxylic acids is 1. The van der Waals surface area contributed by atoms with Gasteiger partial charge < -0.3 is 14.9 Å². The molecule has 0 aromatic carbocycles. The third-order valence-electron chi connectivity index (χ3n) is 1.69. The van der Waals surface area contributed by atoms with E-state index in [9.17, 15) is 13.2 Å². The van der Waals surface area contributed by atoms with Crippen molar-refractivity contribution in [1.29, 1.82) is 0 Å². The van der Waals surface area contributed by atoms with Gasteiger partial charge >= 0.3 is 11.9 Å². The fourth-order valence-electron chi connectivity index (χ4n) is 1.07. The van der Waals surface area contributed by atoms with Crippen molar-refractivity contribution in [1.82, 2.24) is 0 Å². The molecule has 19 heavy (non-hydrogen) atoms. The first-order valence-electron chi connectivity index (χ1n) is 5.07. The largest absolute Gasteiger partial charge is 0.479 e. The van der Waals surface area contributed by atoms with Gasteiger partial charge in [0.15, 0.2) is 18.6 Å². The van der Waals surface area contributed by atoms with Crippen molar-refractivity contribution >= 4 is 49.3 Å². The van der Waals surface area contributed by atoms with Crippen molar-refractivity contribution in [3.8, 4) is 0 Å². The molecule has 9 heteroatoms. The first kappa shape index (κ1) is 16.0. The molecule has 1 rings (SSSR count). The lowest BCUT2D eigenvalue weighted by Gasteiger charge is -2.20. The van der Waals surface area contributed by atoms with Crippen molar-refractivity contribution in [2.24, 2.45) is 0 Å². The Bertz CT molecular complexity index is 676. The predicted octanol–water partition coefficient (Wildman–Crippen LogP) is 0.486. The van der Waals surface area contributed by atoms with Gasteiger partial charge in [0.25, 0.3) is 0 Å². The van der Waals surface area contributed by atoms with Crippen LogP contribution in [0.3, 0.4) is 0 Å². The number of ether oxygens (including phenoxy) is 1. The summed E-state index contributed by atoms with van der Waals surface area (Å²) < 4.78 is 28.6. The van der Waals surface area contributed by atoms with Crippen LogP contribution in [-0.2, 0) is 19.4 Å². The van der Waals surface area contributed by atoms with E-state index < -0.39 is 32.3 Å². The van der Waals surface area contributed by atoms with E-state index in [1.54, 1.807) is 20.8 Å². The SMILES string of the molecule is CC(C)(C)OC(=O)C(=c1sc(=C(O)O)s1)S(C)(=O)=O. The summed E-state index contributed by atoms with van der Waals surface area (Å²) in [5.74, 6) is -1.84. The average molecular weight is 326 g/mol. The Hall–Kier alpha value is -1.06. The molecular weight excluding hydrogens is 312 g/mol. The van der Waals surface area contributed by atoms with E-state index >= 15 is 0 Å². The zero-order chi connectivity index (χ0) is 15.0. The minimum absolute atomic E-state index is 0.139. The van der Waals surface area contributed by atoms with Crippen LogP contribution in [0.1, 0.15) is 20.8 Å². The van der Waals surface area contributed by atoms with E-state index in [4.69, 9.17) is 14.9 Å². The Kier molecular flexibility index (Phi) is 4.33. The van der Waals surface area contributed by atoms with Gasteiger partial charge in [0.1, 0.15) is 9.45 Å². The van der Waals surface area contributed by atoms with Gasteiger partial charge in [-0.1, -0.05) is 0 Å². The molecule has 2 N–H and O–H groups in total. The predicted molar refractivity (Wildman–Crippen MR) is 74.2 cm³/mol. The van der Waals surface area contributed by atoms with Crippen LogP contribution in [0, 0.1) is 0 Å². The van der Waals surface area contributed by atoms with Crippen LogP contribution in [-0.4, -0.2) is 36.5 Å². The Morgan fingerprint density at radius 2 is 1.63 bits per heavy atom. The number of esters is 1. The minimum atomic E-state index is -3.77. The van der Waals surface area contributed by atoms with Gasteiger partial charge in [-0.25, -0.2) is 13.2 Å². The molecular formula is C10H14O6S3. The van der Waals surface area contributed by atoms with E-state index in [1.165, 1.54) is 0 Å². The molecule has 0 aliphatic rings. The van der Waals surface area contributed by atoms with Gasteiger partial charge in [-0.3, -0.25) is 0 Å². The number of aliphatic hydroxyl groups excluding tert-OH is 1. The topological polar surface area (TPSA) is 101 Å². The van der Waals surface area contributed by atoms with Gasteiger partial charge in [-0.2, -0.15) is 0 Å². The van der Waals surface area contributed by atoms with Crippen molar-refractivity contribution in [2.45, 2.75) is 26.4 Å². The Balaban J connectivity index is 3.39. The summed E-state index contributed by atoms with van der Waals surface area (Å²) in [5.41, 5.74) is -0.815. The summed E-state index contributed by atoms with van der Waals surface area (Å²) in [7, 11) is -3.77. The molecule has 0 radical (unpaired) electrons. The molecule has 0 spiro atoms. The Morgan fingerprint density at radius 3 is 1.95 bits per heavy atom. The molecule has 0 atom stereocenters. The van der Waals surface area contributed by atoms with Gasteiger partial charge in [0, 0.05) is 6.26 Å². The van der Waals surface area contributed by atoms with Gasteiger partial charge in [-0.15, -0.1) is 22.7 Å². The molecule has 0 aliphatic heterocycles. The molecule has 0 fully saturated rings. The summed E-state index contributed by atoms with van der Waals surface area (Å²) in [4.78, 5) is 11.4. The first-order chi connectivity index (χ1) is 8.42. The van der Waals surface area contributed by atoms with Crippen LogP contribution in [0.25, 0.3) is 10.9 Å². The third-order valence-corrected chi connectivity index (χ3v) is 5.58. The lowest BCUT2D eigenvalue weighted by atomic mass is 10.2. The van der Waals surface area contributed by atoms with Crippen molar-refractivity contribution < 1.29 is 28.2 Å². The molecule has 1 aromatic heterocycles. The smallest absolute Gasteiger partial charge is 0.352 e. The maximum absolute atomic E-state index is 11.9. The molecule has 0 saturated heterocycles. The number of rotatable bonds is 2. The minimum Gasteiger partial charge on any atom is -0.479 e. The van der Waals surface area contributed by atoms with Gasteiger partial charge in [-0.05, 0) is 20.8 Å². The van der Waals surface area contributed by atoms with Gasteiger partial charge in [0.05, 0.1) is 0 Å². The summed E-state index contributed by atoms with van der Waals surface area (Å²) in [6.07, 6.45) is 0.904. The highest BCUT2D eigenvalue weighted by Crippen LogP contribution is 2.15. The van der Waals surface area contributed by atoms with E-state index in [1.807, 2.05) is 0 Å². The second-order valence-corrected chi connectivity index (χ2v) is 9.22. The van der Waals surface area contributed by atoms with Crippen molar-refractivity contribution in [2.75, 3.05) is 6.26 Å². The Labute approximate surface area is 118 Å². The summed E-state index contributed by atoms with van der Waals surface area (Å²) in [6, 6.07) is 0. The van der Waals surface area contributed by atoms with Crippen LogP contribution < -0.4 is 7.69 Å². The fraction of sp³-hybridized carbons (Fsp3) is 0.500. The second-order valence-electron chi connectivity index (χ2n) is 4.71. The second kappa shape index (κ2) is 5.14. The van der Waals surface area contributed by atoms with Crippen molar-refractivity contribution in [3.63, 3.8) is 0 Å². The zero-order valence-electron chi connectivity index (χ0n) is 10.8. The van der Waals surface area contributed by atoms with Crippen LogP contribution in [0.15, 0.2) is 0 Å². The molecule has 0 bridgehead atoms. The number of hydrogen-bond donors (Lipinski definition) is 2. The van der Waals surface area contributed by atoms with Crippen molar-refractivity contribution in [3.05, 3.63) is 7.69 Å². The van der Waals surface area contributed by atoms with Crippen LogP contribution in [0.4, 0.5) is 0 Å². The summed E-state index contributed by atoms with van der Waals surface area (Å²) in [6.45, 7) is 4.88.